The Morgan fingerprint density at radius 3 is 2.50 bits per heavy atom. The molecule has 0 unspecified atom stereocenters. The highest BCUT2D eigenvalue weighted by Crippen LogP contribution is 2.24. The fourth-order valence-electron chi connectivity index (χ4n) is 4.87. The van der Waals surface area contributed by atoms with Crippen LogP contribution in [0.3, 0.4) is 0 Å². The Morgan fingerprint density at radius 1 is 1.03 bits per heavy atom. The number of likely N-dealkylation sites (tertiary alicyclic amines) is 1. The van der Waals surface area contributed by atoms with Gasteiger partial charge in [0, 0.05) is 30.8 Å². The Hall–Kier alpha value is -2.68. The maximum Gasteiger partial charge on any atom is 0.211 e. The number of piperidine rings is 1. The number of rotatable bonds is 10. The van der Waals surface area contributed by atoms with Crippen molar-refractivity contribution in [3.63, 3.8) is 0 Å². The van der Waals surface area contributed by atoms with Crippen LogP contribution < -0.4 is 0 Å². The standard InChI is InChI=1S/C28H35FN4O2S/c1-3-32-17-14-26(15-18-32)33(36(2,34)35)21-23-9-4-10-24(19-23)27-13-16-30-28(31-27)12-6-8-22-7-5-11-25(29)20-22/h4-5,7,9-11,13,16,19-20,26H,3,6,8,12,14-15,17-18,21H2,1-2H3. The predicted octanol–water partition coefficient (Wildman–Crippen LogP) is 4.70. The molecule has 0 spiro atoms. The summed E-state index contributed by atoms with van der Waals surface area (Å²) in [5, 5.41) is 0. The fourth-order valence-corrected chi connectivity index (χ4v) is 6.01. The van der Waals surface area contributed by atoms with Crippen LogP contribution in [0.2, 0.25) is 0 Å². The van der Waals surface area contributed by atoms with E-state index in [0.717, 1.165) is 73.5 Å². The third-order valence-corrected chi connectivity index (χ3v) is 8.14. The zero-order chi connectivity index (χ0) is 25.5. The van der Waals surface area contributed by atoms with Crippen molar-refractivity contribution in [3.05, 3.63) is 83.6 Å². The number of hydrogen-bond donors (Lipinski definition) is 0. The Balaban J connectivity index is 1.44. The second-order valence-corrected chi connectivity index (χ2v) is 11.5. The molecule has 0 N–H and O–H groups in total. The molecule has 0 bridgehead atoms. The second-order valence-electron chi connectivity index (χ2n) is 9.52. The molecule has 0 atom stereocenters. The Bertz CT molecular complexity index is 1260. The van der Waals surface area contributed by atoms with Gasteiger partial charge in [0.25, 0.3) is 0 Å². The van der Waals surface area contributed by atoms with Crippen molar-refractivity contribution in [2.45, 2.75) is 51.6 Å². The molecule has 1 fully saturated rings. The van der Waals surface area contributed by atoms with Gasteiger partial charge in [0.15, 0.2) is 0 Å². The lowest BCUT2D eigenvalue weighted by molar-refractivity contribution is 0.162. The number of sulfonamides is 1. The normalized spacial score (nSPS) is 15.4. The van der Waals surface area contributed by atoms with Gasteiger partial charge in [0.05, 0.1) is 11.9 Å². The van der Waals surface area contributed by atoms with Gasteiger partial charge in [0.1, 0.15) is 11.6 Å². The van der Waals surface area contributed by atoms with Gasteiger partial charge in [-0.2, -0.15) is 4.31 Å². The highest BCUT2D eigenvalue weighted by Gasteiger charge is 2.30. The summed E-state index contributed by atoms with van der Waals surface area (Å²) in [5.41, 5.74) is 3.67. The van der Waals surface area contributed by atoms with E-state index in [-0.39, 0.29) is 11.9 Å². The van der Waals surface area contributed by atoms with Gasteiger partial charge in [0.2, 0.25) is 10.0 Å². The van der Waals surface area contributed by atoms with Crippen molar-refractivity contribution in [2.24, 2.45) is 0 Å². The van der Waals surface area contributed by atoms with Crippen LogP contribution in [-0.2, 0) is 29.4 Å². The van der Waals surface area contributed by atoms with Crippen molar-refractivity contribution in [1.29, 1.82) is 0 Å². The molecule has 3 aromatic rings. The molecule has 36 heavy (non-hydrogen) atoms. The fraction of sp³-hybridized carbons (Fsp3) is 0.429. The minimum absolute atomic E-state index is 0.0233. The van der Waals surface area contributed by atoms with Crippen LogP contribution in [0.5, 0.6) is 0 Å². The molecule has 2 heterocycles. The van der Waals surface area contributed by atoms with E-state index >= 15 is 0 Å². The van der Waals surface area contributed by atoms with Crippen LogP contribution in [0, 0.1) is 5.82 Å². The topological polar surface area (TPSA) is 66.4 Å². The lowest BCUT2D eigenvalue weighted by Gasteiger charge is -2.37. The van der Waals surface area contributed by atoms with Gasteiger partial charge in [-0.05, 0) is 80.7 Å². The van der Waals surface area contributed by atoms with Gasteiger partial charge < -0.3 is 4.90 Å². The first-order valence-electron chi connectivity index (χ1n) is 12.7. The van der Waals surface area contributed by atoms with Crippen molar-refractivity contribution in [2.75, 3.05) is 25.9 Å². The number of halogens is 1. The molecule has 1 aliphatic rings. The molecule has 192 valence electrons. The van der Waals surface area contributed by atoms with Crippen LogP contribution in [0.15, 0.2) is 60.8 Å². The first kappa shape index (κ1) is 26.4. The summed E-state index contributed by atoms with van der Waals surface area (Å²) < 4.78 is 40.4. The second kappa shape index (κ2) is 12.0. The van der Waals surface area contributed by atoms with Crippen molar-refractivity contribution >= 4 is 10.0 Å². The summed E-state index contributed by atoms with van der Waals surface area (Å²) in [6, 6.07) is 16.5. The summed E-state index contributed by atoms with van der Waals surface area (Å²) in [7, 11) is -3.34. The first-order valence-corrected chi connectivity index (χ1v) is 14.5. The van der Waals surface area contributed by atoms with Crippen LogP contribution in [0.1, 0.15) is 43.1 Å². The molecule has 1 aromatic heterocycles. The third-order valence-electron chi connectivity index (χ3n) is 6.86. The monoisotopic (exact) mass is 510 g/mol. The molecule has 0 aliphatic carbocycles. The Morgan fingerprint density at radius 2 is 1.78 bits per heavy atom. The maximum atomic E-state index is 13.4. The van der Waals surface area contributed by atoms with Gasteiger partial charge in [-0.1, -0.05) is 37.3 Å². The molecule has 0 saturated carbocycles. The molecule has 0 amide bonds. The summed E-state index contributed by atoms with van der Waals surface area (Å²) >= 11 is 0. The molecular weight excluding hydrogens is 475 g/mol. The molecule has 1 saturated heterocycles. The first-order chi connectivity index (χ1) is 17.3. The highest BCUT2D eigenvalue weighted by molar-refractivity contribution is 7.88. The summed E-state index contributed by atoms with van der Waals surface area (Å²) in [6.07, 6.45) is 7.06. The molecule has 8 heteroatoms. The van der Waals surface area contributed by atoms with E-state index in [4.69, 9.17) is 4.98 Å². The molecule has 6 nitrogen and oxygen atoms in total. The van der Waals surface area contributed by atoms with Gasteiger partial charge in [-0.25, -0.2) is 22.8 Å². The number of aromatic nitrogens is 2. The van der Waals surface area contributed by atoms with Crippen molar-refractivity contribution in [1.82, 2.24) is 19.2 Å². The average molecular weight is 511 g/mol. The van der Waals surface area contributed by atoms with E-state index in [1.807, 2.05) is 36.4 Å². The highest BCUT2D eigenvalue weighted by atomic mass is 32.2. The van der Waals surface area contributed by atoms with E-state index in [1.54, 1.807) is 22.6 Å². The minimum Gasteiger partial charge on any atom is -0.303 e. The van der Waals surface area contributed by atoms with Crippen LogP contribution in [-0.4, -0.2) is 59.5 Å². The number of nitrogens with zero attached hydrogens (tertiary/aromatic N) is 4. The van der Waals surface area contributed by atoms with Gasteiger partial charge >= 0.3 is 0 Å². The van der Waals surface area contributed by atoms with Crippen molar-refractivity contribution in [3.8, 4) is 11.3 Å². The smallest absolute Gasteiger partial charge is 0.211 e. The van der Waals surface area contributed by atoms with E-state index in [9.17, 15) is 12.8 Å². The summed E-state index contributed by atoms with van der Waals surface area (Å²) in [6.45, 7) is 5.35. The molecule has 4 rings (SSSR count). The third kappa shape index (κ3) is 7.18. The van der Waals surface area contributed by atoms with Gasteiger partial charge in [-0.15, -0.1) is 0 Å². The number of hydrogen-bond acceptors (Lipinski definition) is 5. The molecular formula is C28H35FN4O2S. The molecule has 2 aromatic carbocycles. The van der Waals surface area contributed by atoms with E-state index in [1.165, 1.54) is 12.3 Å². The van der Waals surface area contributed by atoms with Crippen LogP contribution in [0.25, 0.3) is 11.3 Å². The largest absolute Gasteiger partial charge is 0.303 e. The lowest BCUT2D eigenvalue weighted by Crippen LogP contribution is -2.46. The quantitative estimate of drug-likeness (QED) is 0.395. The summed E-state index contributed by atoms with van der Waals surface area (Å²) in [4.78, 5) is 11.5. The molecule has 0 radical (unpaired) electrons. The lowest BCUT2D eigenvalue weighted by atomic mass is 10.0. The number of aryl methyl sites for hydroxylation is 2. The van der Waals surface area contributed by atoms with Crippen LogP contribution in [0.4, 0.5) is 4.39 Å². The average Bonchev–Trinajstić information content (AvgIpc) is 2.87. The van der Waals surface area contributed by atoms with Crippen molar-refractivity contribution < 1.29 is 12.8 Å². The summed E-state index contributed by atoms with van der Waals surface area (Å²) in [5.74, 6) is 0.529. The zero-order valence-corrected chi connectivity index (χ0v) is 21.9. The number of benzene rings is 2. The van der Waals surface area contributed by atoms with Crippen LogP contribution >= 0.6 is 0 Å². The van der Waals surface area contributed by atoms with Gasteiger partial charge in [-0.3, -0.25) is 0 Å². The van der Waals surface area contributed by atoms with E-state index < -0.39 is 10.0 Å². The zero-order valence-electron chi connectivity index (χ0n) is 21.1. The SMILES string of the molecule is CCN1CCC(N(Cc2cccc(-c3ccnc(CCCc4cccc(F)c4)n3)c2)S(C)(=O)=O)CC1. The minimum atomic E-state index is -3.34. The molecule has 1 aliphatic heterocycles. The van der Waals surface area contributed by atoms with E-state index in [0.29, 0.717) is 13.0 Å². The Labute approximate surface area is 214 Å². The maximum absolute atomic E-state index is 13.4. The van der Waals surface area contributed by atoms with E-state index in [2.05, 4.69) is 16.8 Å². The Kier molecular flexibility index (Phi) is 8.82. The predicted molar refractivity (Wildman–Crippen MR) is 141 cm³/mol.